The van der Waals surface area contributed by atoms with E-state index in [2.05, 4.69) is 10.3 Å². The highest BCUT2D eigenvalue weighted by molar-refractivity contribution is 7.09. The Kier molecular flexibility index (Phi) is 6.60. The normalized spacial score (nSPS) is 17.2. The molecule has 2 amide bonds. The zero-order valence-corrected chi connectivity index (χ0v) is 18.3. The summed E-state index contributed by atoms with van der Waals surface area (Å²) in [6.45, 7) is 11.6. The first-order valence-corrected chi connectivity index (χ1v) is 10.3. The van der Waals surface area contributed by atoms with Crippen LogP contribution in [0.1, 0.15) is 65.1 Å². The van der Waals surface area contributed by atoms with Crippen LogP contribution in [0.2, 0.25) is 0 Å². The summed E-state index contributed by atoms with van der Waals surface area (Å²) < 4.78 is 10.9. The number of aliphatic hydroxyl groups is 1. The molecule has 0 aliphatic carbocycles. The molecule has 0 saturated carbocycles. The average molecular weight is 414 g/mol. The molecule has 1 aromatic heterocycles. The summed E-state index contributed by atoms with van der Waals surface area (Å²) in [5.74, 6) is 0. The van der Waals surface area contributed by atoms with Crippen LogP contribution in [0.15, 0.2) is 5.38 Å². The van der Waals surface area contributed by atoms with E-state index in [0.717, 1.165) is 0 Å². The zero-order valence-electron chi connectivity index (χ0n) is 17.5. The van der Waals surface area contributed by atoms with E-state index in [-0.39, 0.29) is 12.7 Å². The van der Waals surface area contributed by atoms with E-state index in [4.69, 9.17) is 9.47 Å². The van der Waals surface area contributed by atoms with E-state index in [1.165, 1.54) is 11.3 Å². The third-order valence-corrected chi connectivity index (χ3v) is 5.23. The van der Waals surface area contributed by atoms with Crippen LogP contribution in [0.5, 0.6) is 0 Å². The zero-order chi connectivity index (χ0) is 21.2. The molecule has 0 spiro atoms. The minimum absolute atomic E-state index is 0.164. The maximum atomic E-state index is 12.5. The Morgan fingerprint density at radius 1 is 1.18 bits per heavy atom. The minimum atomic E-state index is -0.751. The van der Waals surface area contributed by atoms with Crippen molar-refractivity contribution in [2.45, 2.75) is 77.7 Å². The summed E-state index contributed by atoms with van der Waals surface area (Å²) in [5, 5.41) is 14.8. The van der Waals surface area contributed by atoms with E-state index in [1.807, 2.05) is 20.8 Å². The Bertz CT molecular complexity index is 697. The Balaban J connectivity index is 2.17. The summed E-state index contributed by atoms with van der Waals surface area (Å²) in [5.41, 5.74) is -1.38. The number of hydrogen-bond donors (Lipinski definition) is 2. The number of piperidine rings is 1. The SMILES string of the molecule is CC(C)(C)OC(=O)NC1(c2nc(CO)cs2)CCN(C(=O)OC(C)(C)C)CC1. The van der Waals surface area contributed by atoms with Gasteiger partial charge in [-0.2, -0.15) is 0 Å². The first kappa shape index (κ1) is 22.4. The van der Waals surface area contributed by atoms with Crippen LogP contribution in [0.25, 0.3) is 0 Å². The second kappa shape index (κ2) is 8.24. The second-order valence-corrected chi connectivity index (χ2v) is 9.84. The predicted molar refractivity (Wildman–Crippen MR) is 106 cm³/mol. The van der Waals surface area contributed by atoms with Gasteiger partial charge in [0.2, 0.25) is 0 Å². The van der Waals surface area contributed by atoms with Gasteiger partial charge in [-0.15, -0.1) is 11.3 Å². The van der Waals surface area contributed by atoms with Crippen LogP contribution in [0, 0.1) is 0 Å². The summed E-state index contributed by atoms with van der Waals surface area (Å²) >= 11 is 1.38. The molecule has 0 unspecified atom stereocenters. The molecule has 1 saturated heterocycles. The molecule has 2 rings (SSSR count). The molecule has 2 N–H and O–H groups in total. The number of alkyl carbamates (subject to hydrolysis) is 1. The predicted octanol–water partition coefficient (Wildman–Crippen LogP) is 3.39. The number of amides is 2. The summed E-state index contributed by atoms with van der Waals surface area (Å²) in [7, 11) is 0. The van der Waals surface area contributed by atoms with Gasteiger partial charge in [0.1, 0.15) is 16.2 Å². The number of carbonyl (C=O) groups is 2. The van der Waals surface area contributed by atoms with E-state index in [1.54, 1.807) is 31.1 Å². The Labute approximate surface area is 170 Å². The molecule has 0 aromatic carbocycles. The lowest BCUT2D eigenvalue weighted by Gasteiger charge is -2.41. The summed E-state index contributed by atoms with van der Waals surface area (Å²) in [6, 6.07) is 0. The molecule has 1 fully saturated rings. The van der Waals surface area contributed by atoms with Crippen molar-refractivity contribution in [2.24, 2.45) is 0 Å². The molecule has 1 aromatic rings. The molecule has 9 heteroatoms. The summed E-state index contributed by atoms with van der Waals surface area (Å²) in [4.78, 5) is 30.9. The van der Waals surface area contributed by atoms with Crippen molar-refractivity contribution in [1.29, 1.82) is 0 Å². The van der Waals surface area contributed by atoms with Gasteiger partial charge in [0, 0.05) is 18.5 Å². The van der Waals surface area contributed by atoms with Crippen molar-refractivity contribution in [3.05, 3.63) is 16.1 Å². The van der Waals surface area contributed by atoms with Crippen molar-refractivity contribution >= 4 is 23.5 Å². The molecule has 0 atom stereocenters. The molecule has 2 heterocycles. The van der Waals surface area contributed by atoms with E-state index >= 15 is 0 Å². The van der Waals surface area contributed by atoms with Crippen LogP contribution in [-0.4, -0.2) is 51.5 Å². The van der Waals surface area contributed by atoms with Gasteiger partial charge in [0.05, 0.1) is 17.8 Å². The number of ether oxygens (including phenoxy) is 2. The molecule has 1 aliphatic rings. The number of nitrogens with one attached hydrogen (secondary N) is 1. The number of likely N-dealkylation sites (tertiary alicyclic amines) is 1. The van der Waals surface area contributed by atoms with Crippen LogP contribution in [0.4, 0.5) is 9.59 Å². The number of thiazole rings is 1. The van der Waals surface area contributed by atoms with E-state index in [0.29, 0.717) is 36.6 Å². The monoisotopic (exact) mass is 413 g/mol. The Hall–Kier alpha value is -1.87. The minimum Gasteiger partial charge on any atom is -0.444 e. The molecule has 28 heavy (non-hydrogen) atoms. The smallest absolute Gasteiger partial charge is 0.410 e. The van der Waals surface area contributed by atoms with Crippen molar-refractivity contribution < 1.29 is 24.2 Å². The van der Waals surface area contributed by atoms with Crippen molar-refractivity contribution in [3.8, 4) is 0 Å². The third kappa shape index (κ3) is 6.07. The van der Waals surface area contributed by atoms with E-state index < -0.39 is 22.8 Å². The molecule has 1 aliphatic heterocycles. The lowest BCUT2D eigenvalue weighted by molar-refractivity contribution is 0.0115. The van der Waals surface area contributed by atoms with Gasteiger partial charge < -0.3 is 24.8 Å². The topological polar surface area (TPSA) is 101 Å². The summed E-state index contributed by atoms with van der Waals surface area (Å²) in [6.07, 6.45) is 0.0563. The van der Waals surface area contributed by atoms with Gasteiger partial charge in [-0.1, -0.05) is 0 Å². The molecular weight excluding hydrogens is 382 g/mol. The van der Waals surface area contributed by atoms with Gasteiger partial charge in [-0.3, -0.25) is 0 Å². The number of hydrogen-bond acceptors (Lipinski definition) is 7. The van der Waals surface area contributed by atoms with Gasteiger partial charge in [0.25, 0.3) is 0 Å². The fraction of sp³-hybridized carbons (Fsp3) is 0.737. The molecule has 0 bridgehead atoms. The highest BCUT2D eigenvalue weighted by Gasteiger charge is 2.42. The first-order valence-electron chi connectivity index (χ1n) is 9.38. The lowest BCUT2D eigenvalue weighted by atomic mass is 9.88. The average Bonchev–Trinajstić information content (AvgIpc) is 3.01. The van der Waals surface area contributed by atoms with Crippen LogP contribution in [-0.2, 0) is 21.6 Å². The van der Waals surface area contributed by atoms with Crippen molar-refractivity contribution in [2.75, 3.05) is 13.1 Å². The number of rotatable bonds is 3. The molecule has 8 nitrogen and oxygen atoms in total. The van der Waals surface area contributed by atoms with Gasteiger partial charge in [0.15, 0.2) is 0 Å². The fourth-order valence-electron chi connectivity index (χ4n) is 2.89. The number of nitrogens with zero attached hydrogens (tertiary/aromatic N) is 2. The van der Waals surface area contributed by atoms with Crippen LogP contribution in [0.3, 0.4) is 0 Å². The van der Waals surface area contributed by atoms with Gasteiger partial charge >= 0.3 is 12.2 Å². The van der Waals surface area contributed by atoms with Crippen molar-refractivity contribution in [3.63, 3.8) is 0 Å². The quantitative estimate of drug-likeness (QED) is 0.788. The Morgan fingerprint density at radius 2 is 1.75 bits per heavy atom. The number of aliphatic hydroxyl groups excluding tert-OH is 1. The Morgan fingerprint density at radius 3 is 2.21 bits per heavy atom. The highest BCUT2D eigenvalue weighted by Crippen LogP contribution is 2.36. The first-order chi connectivity index (χ1) is 12.8. The van der Waals surface area contributed by atoms with Crippen molar-refractivity contribution in [1.82, 2.24) is 15.2 Å². The molecular formula is C19H31N3O5S. The number of carbonyl (C=O) groups excluding carboxylic acids is 2. The maximum Gasteiger partial charge on any atom is 0.410 e. The third-order valence-electron chi connectivity index (χ3n) is 4.13. The van der Waals surface area contributed by atoms with Gasteiger partial charge in [-0.25, -0.2) is 14.6 Å². The fourth-order valence-corrected chi connectivity index (χ4v) is 3.91. The molecule has 0 radical (unpaired) electrons. The largest absolute Gasteiger partial charge is 0.444 e. The standard InChI is InChI=1S/C19H31N3O5S/c1-17(2,3)26-15(24)21-19(14-20-13(11-23)12-28-14)7-9-22(10-8-19)16(25)27-18(4,5)6/h12,23H,7-11H2,1-6H3,(H,21,24). The highest BCUT2D eigenvalue weighted by atomic mass is 32.1. The van der Waals surface area contributed by atoms with Crippen LogP contribution < -0.4 is 5.32 Å². The molecule has 158 valence electrons. The lowest BCUT2D eigenvalue weighted by Crippen LogP contribution is -2.55. The number of aromatic nitrogens is 1. The van der Waals surface area contributed by atoms with Crippen LogP contribution >= 0.6 is 11.3 Å². The van der Waals surface area contributed by atoms with Gasteiger partial charge in [-0.05, 0) is 54.4 Å². The van der Waals surface area contributed by atoms with E-state index in [9.17, 15) is 14.7 Å². The second-order valence-electron chi connectivity index (χ2n) is 8.98. The maximum absolute atomic E-state index is 12.5.